The largest absolute Gasteiger partial charge is 0.435 e. The van der Waals surface area contributed by atoms with Gasteiger partial charge in [0.15, 0.2) is 5.11 Å². The molecule has 1 aliphatic rings. The van der Waals surface area contributed by atoms with Crippen molar-refractivity contribution in [3.8, 4) is 5.75 Å². The van der Waals surface area contributed by atoms with Gasteiger partial charge in [0.05, 0.1) is 0 Å². The van der Waals surface area contributed by atoms with Gasteiger partial charge in [-0.3, -0.25) is 0 Å². The number of rotatable bonds is 5. The molecule has 0 aliphatic heterocycles. The Balaban J connectivity index is 1.85. The van der Waals surface area contributed by atoms with Crippen LogP contribution in [0.15, 0.2) is 24.3 Å². The van der Waals surface area contributed by atoms with E-state index in [2.05, 4.69) is 10.1 Å². The first kappa shape index (κ1) is 14.0. The summed E-state index contributed by atoms with van der Waals surface area (Å²) in [5.74, 6) is 0.167. The molecular weight excluding hydrogens is 270 g/mol. The smallest absolute Gasteiger partial charge is 0.387 e. The Labute approximate surface area is 116 Å². The standard InChI is InChI=1S/C13H16F2N2OS/c1-17(13(19)16-10-4-5-10)8-9-2-6-11(7-3-9)18-12(14)15/h2-3,6-7,10,12H,4-5,8H2,1H3,(H,16,19). The highest BCUT2D eigenvalue weighted by molar-refractivity contribution is 7.80. The van der Waals surface area contributed by atoms with E-state index in [4.69, 9.17) is 12.2 Å². The van der Waals surface area contributed by atoms with Gasteiger partial charge in [-0.25, -0.2) is 0 Å². The van der Waals surface area contributed by atoms with Gasteiger partial charge in [0, 0.05) is 19.6 Å². The van der Waals surface area contributed by atoms with Crippen molar-refractivity contribution in [2.75, 3.05) is 7.05 Å². The van der Waals surface area contributed by atoms with Gasteiger partial charge in [0.2, 0.25) is 0 Å². The van der Waals surface area contributed by atoms with Crippen LogP contribution in [0.2, 0.25) is 0 Å². The lowest BCUT2D eigenvalue weighted by Gasteiger charge is -2.21. The average Bonchev–Trinajstić information content (AvgIpc) is 3.14. The monoisotopic (exact) mass is 286 g/mol. The van der Waals surface area contributed by atoms with E-state index in [0.717, 1.165) is 10.7 Å². The Kier molecular flexibility index (Phi) is 4.52. The van der Waals surface area contributed by atoms with Gasteiger partial charge in [-0.2, -0.15) is 8.78 Å². The van der Waals surface area contributed by atoms with E-state index < -0.39 is 6.61 Å². The van der Waals surface area contributed by atoms with Gasteiger partial charge in [0.1, 0.15) is 5.75 Å². The maximum absolute atomic E-state index is 12.0. The van der Waals surface area contributed by atoms with Crippen molar-refractivity contribution in [3.05, 3.63) is 29.8 Å². The van der Waals surface area contributed by atoms with Crippen LogP contribution in [0.4, 0.5) is 8.78 Å². The van der Waals surface area contributed by atoms with E-state index in [1.807, 2.05) is 11.9 Å². The van der Waals surface area contributed by atoms with Crippen molar-refractivity contribution in [1.82, 2.24) is 10.2 Å². The summed E-state index contributed by atoms with van der Waals surface area (Å²) in [5, 5.41) is 3.96. The van der Waals surface area contributed by atoms with Gasteiger partial charge in [-0.1, -0.05) is 12.1 Å². The number of alkyl halides is 2. The first-order valence-electron chi connectivity index (χ1n) is 6.10. The van der Waals surface area contributed by atoms with E-state index in [-0.39, 0.29) is 5.75 Å². The number of nitrogens with zero attached hydrogens (tertiary/aromatic N) is 1. The third-order valence-electron chi connectivity index (χ3n) is 2.82. The highest BCUT2D eigenvalue weighted by Crippen LogP contribution is 2.19. The zero-order valence-electron chi connectivity index (χ0n) is 10.6. The summed E-state index contributed by atoms with van der Waals surface area (Å²) in [6, 6.07) is 7.11. The highest BCUT2D eigenvalue weighted by atomic mass is 32.1. The molecular formula is C13H16F2N2OS. The normalized spacial score (nSPS) is 14.3. The molecule has 1 aromatic carbocycles. The van der Waals surface area contributed by atoms with Gasteiger partial charge in [-0.05, 0) is 42.8 Å². The van der Waals surface area contributed by atoms with Crippen LogP contribution in [0.1, 0.15) is 18.4 Å². The second-order valence-electron chi connectivity index (χ2n) is 4.60. The molecule has 0 bridgehead atoms. The summed E-state index contributed by atoms with van der Waals surface area (Å²) in [7, 11) is 1.90. The second kappa shape index (κ2) is 6.14. The van der Waals surface area contributed by atoms with Crippen LogP contribution in [0, 0.1) is 0 Å². The van der Waals surface area contributed by atoms with Crippen molar-refractivity contribution in [2.45, 2.75) is 32.0 Å². The minimum atomic E-state index is -2.79. The molecule has 1 aromatic rings. The lowest BCUT2D eigenvalue weighted by Crippen LogP contribution is -2.37. The summed E-state index contributed by atoms with van der Waals surface area (Å²) in [6.45, 7) is -2.16. The maximum atomic E-state index is 12.0. The number of nitrogens with one attached hydrogen (secondary N) is 1. The fourth-order valence-electron chi connectivity index (χ4n) is 1.63. The molecule has 0 spiro atoms. The molecule has 1 fully saturated rings. The molecule has 6 heteroatoms. The quantitative estimate of drug-likeness (QED) is 0.841. The van der Waals surface area contributed by atoms with Gasteiger partial charge >= 0.3 is 6.61 Å². The predicted octanol–water partition coefficient (Wildman–Crippen LogP) is 2.76. The lowest BCUT2D eigenvalue weighted by molar-refractivity contribution is -0.0498. The van der Waals surface area contributed by atoms with Gasteiger partial charge in [-0.15, -0.1) is 0 Å². The SMILES string of the molecule is CN(Cc1ccc(OC(F)F)cc1)C(=S)NC1CC1. The number of thiocarbonyl (C=S) groups is 1. The van der Waals surface area contributed by atoms with E-state index in [1.54, 1.807) is 12.1 Å². The second-order valence-corrected chi connectivity index (χ2v) is 4.99. The van der Waals surface area contributed by atoms with Crippen LogP contribution in [0.25, 0.3) is 0 Å². The fourth-order valence-corrected chi connectivity index (χ4v) is 1.87. The van der Waals surface area contributed by atoms with Crippen molar-refractivity contribution < 1.29 is 13.5 Å². The molecule has 0 atom stereocenters. The fraction of sp³-hybridized carbons (Fsp3) is 0.462. The van der Waals surface area contributed by atoms with E-state index in [0.29, 0.717) is 12.6 Å². The van der Waals surface area contributed by atoms with Crippen molar-refractivity contribution >= 4 is 17.3 Å². The van der Waals surface area contributed by atoms with Gasteiger partial charge in [0.25, 0.3) is 0 Å². The predicted molar refractivity (Wildman–Crippen MR) is 73.3 cm³/mol. The molecule has 0 amide bonds. The van der Waals surface area contributed by atoms with Crippen molar-refractivity contribution in [1.29, 1.82) is 0 Å². The van der Waals surface area contributed by atoms with Crippen LogP contribution in [0.3, 0.4) is 0 Å². The number of benzene rings is 1. The minimum Gasteiger partial charge on any atom is -0.435 e. The molecule has 104 valence electrons. The molecule has 0 radical (unpaired) electrons. The molecule has 0 heterocycles. The topological polar surface area (TPSA) is 24.5 Å². The summed E-state index contributed by atoms with van der Waals surface area (Å²) >= 11 is 5.27. The van der Waals surface area contributed by atoms with Crippen LogP contribution in [-0.4, -0.2) is 29.7 Å². The Bertz CT molecular complexity index is 435. The van der Waals surface area contributed by atoms with Crippen molar-refractivity contribution in [2.24, 2.45) is 0 Å². The van der Waals surface area contributed by atoms with E-state index >= 15 is 0 Å². The molecule has 1 N–H and O–H groups in total. The Morgan fingerprint density at radius 2 is 2.05 bits per heavy atom. The first-order valence-corrected chi connectivity index (χ1v) is 6.51. The zero-order chi connectivity index (χ0) is 13.8. The van der Waals surface area contributed by atoms with Crippen LogP contribution in [0.5, 0.6) is 5.75 Å². The molecule has 0 unspecified atom stereocenters. The molecule has 2 rings (SSSR count). The lowest BCUT2D eigenvalue weighted by atomic mass is 10.2. The Morgan fingerprint density at radius 1 is 1.42 bits per heavy atom. The van der Waals surface area contributed by atoms with Crippen LogP contribution < -0.4 is 10.1 Å². The number of hydrogen-bond donors (Lipinski definition) is 1. The third kappa shape index (κ3) is 4.63. The molecule has 1 saturated carbocycles. The Hall–Kier alpha value is -1.43. The Morgan fingerprint density at radius 3 is 2.58 bits per heavy atom. The van der Waals surface area contributed by atoms with E-state index in [1.165, 1.54) is 25.0 Å². The summed E-state index contributed by atoms with van der Waals surface area (Å²) in [5.41, 5.74) is 0.990. The highest BCUT2D eigenvalue weighted by Gasteiger charge is 2.22. The van der Waals surface area contributed by atoms with Crippen LogP contribution >= 0.6 is 12.2 Å². The average molecular weight is 286 g/mol. The van der Waals surface area contributed by atoms with E-state index in [9.17, 15) is 8.78 Å². The summed E-state index contributed by atoms with van der Waals surface area (Å²) < 4.78 is 28.3. The zero-order valence-corrected chi connectivity index (χ0v) is 11.4. The molecule has 3 nitrogen and oxygen atoms in total. The summed E-state index contributed by atoms with van der Waals surface area (Å²) in [4.78, 5) is 1.93. The van der Waals surface area contributed by atoms with Crippen molar-refractivity contribution in [3.63, 3.8) is 0 Å². The molecule has 0 saturated heterocycles. The number of ether oxygens (including phenoxy) is 1. The van der Waals surface area contributed by atoms with Crippen LogP contribution in [-0.2, 0) is 6.54 Å². The van der Waals surface area contributed by atoms with Gasteiger partial charge < -0.3 is 15.0 Å². The molecule has 19 heavy (non-hydrogen) atoms. The first-order chi connectivity index (χ1) is 9.04. The summed E-state index contributed by atoms with van der Waals surface area (Å²) in [6.07, 6.45) is 2.35. The maximum Gasteiger partial charge on any atom is 0.387 e. The minimum absolute atomic E-state index is 0.167. The third-order valence-corrected chi connectivity index (χ3v) is 3.25. The number of hydrogen-bond acceptors (Lipinski definition) is 2. The number of halogens is 2. The molecule has 0 aromatic heterocycles. The molecule has 1 aliphatic carbocycles.